The lowest BCUT2D eigenvalue weighted by atomic mass is 9.61. The first kappa shape index (κ1) is 13.5. The normalized spacial score (nSPS) is 20.2. The Morgan fingerprint density at radius 1 is 1.29 bits per heavy atom. The van der Waals surface area contributed by atoms with Gasteiger partial charge >= 0.3 is 0 Å². The minimum Gasteiger partial charge on any atom is -0.298 e. The summed E-state index contributed by atoms with van der Waals surface area (Å²) in [6.45, 7) is 5.59. The van der Waals surface area contributed by atoms with Crippen LogP contribution in [0.3, 0.4) is 0 Å². The van der Waals surface area contributed by atoms with Crippen LogP contribution < -0.4 is 0 Å². The van der Waals surface area contributed by atoms with Crippen LogP contribution in [0.5, 0.6) is 0 Å². The molecule has 0 radical (unpaired) electrons. The lowest BCUT2D eigenvalue weighted by Crippen LogP contribution is -2.50. The zero-order valence-corrected chi connectivity index (χ0v) is 13.5. The van der Waals surface area contributed by atoms with Gasteiger partial charge < -0.3 is 0 Å². The monoisotopic (exact) mass is 298 g/mol. The highest BCUT2D eigenvalue weighted by Gasteiger charge is 2.43. The van der Waals surface area contributed by atoms with Gasteiger partial charge in [0.15, 0.2) is 0 Å². The second-order valence-corrected chi connectivity index (χ2v) is 7.67. The standard InChI is InChI=1S/C18H22N2S/c1-14-19-16(12-21-14)7-10-20-11-15-5-2-3-6-17(15)18(13-20)8-4-9-18/h2-3,5-6,12H,4,7-11,13H2,1H3. The number of hydrogen-bond donors (Lipinski definition) is 0. The van der Waals surface area contributed by atoms with Gasteiger partial charge in [0.2, 0.25) is 0 Å². The van der Waals surface area contributed by atoms with Crippen molar-refractivity contribution in [2.75, 3.05) is 13.1 Å². The molecular formula is C18H22N2S. The first-order valence-electron chi connectivity index (χ1n) is 7.97. The molecule has 21 heavy (non-hydrogen) atoms. The average molecular weight is 298 g/mol. The van der Waals surface area contributed by atoms with Crippen LogP contribution in [0.2, 0.25) is 0 Å². The van der Waals surface area contributed by atoms with Crippen molar-refractivity contribution < 1.29 is 0 Å². The van der Waals surface area contributed by atoms with Crippen molar-refractivity contribution in [2.45, 2.75) is 44.6 Å². The lowest BCUT2D eigenvalue weighted by Gasteiger charge is -2.50. The number of rotatable bonds is 3. The molecule has 1 saturated carbocycles. The van der Waals surface area contributed by atoms with Crippen LogP contribution in [-0.4, -0.2) is 23.0 Å². The highest BCUT2D eigenvalue weighted by Crippen LogP contribution is 2.48. The maximum Gasteiger partial charge on any atom is 0.0897 e. The van der Waals surface area contributed by atoms with Gasteiger partial charge in [-0.3, -0.25) is 4.90 Å². The van der Waals surface area contributed by atoms with Crippen molar-refractivity contribution in [1.29, 1.82) is 0 Å². The van der Waals surface area contributed by atoms with E-state index in [-0.39, 0.29) is 0 Å². The first-order chi connectivity index (χ1) is 10.3. The molecule has 1 aliphatic carbocycles. The summed E-state index contributed by atoms with van der Waals surface area (Å²) in [5.74, 6) is 0. The van der Waals surface area contributed by atoms with E-state index in [9.17, 15) is 0 Å². The van der Waals surface area contributed by atoms with Crippen molar-refractivity contribution in [3.8, 4) is 0 Å². The van der Waals surface area contributed by atoms with E-state index in [1.54, 1.807) is 22.5 Å². The first-order valence-corrected chi connectivity index (χ1v) is 8.85. The number of aryl methyl sites for hydroxylation is 1. The molecule has 2 aromatic rings. The molecule has 1 aromatic heterocycles. The molecule has 0 unspecified atom stereocenters. The van der Waals surface area contributed by atoms with E-state index in [0.29, 0.717) is 5.41 Å². The zero-order valence-electron chi connectivity index (χ0n) is 12.6. The fourth-order valence-electron chi connectivity index (χ4n) is 3.97. The zero-order chi connectivity index (χ0) is 14.3. The Morgan fingerprint density at radius 3 is 2.86 bits per heavy atom. The van der Waals surface area contributed by atoms with Crippen LogP contribution in [0.4, 0.5) is 0 Å². The quantitative estimate of drug-likeness (QED) is 0.853. The fourth-order valence-corrected chi connectivity index (χ4v) is 4.62. The Hall–Kier alpha value is -1.19. The van der Waals surface area contributed by atoms with Crippen LogP contribution in [-0.2, 0) is 18.4 Å². The molecule has 110 valence electrons. The van der Waals surface area contributed by atoms with E-state index >= 15 is 0 Å². The predicted octanol–water partition coefficient (Wildman–Crippen LogP) is 3.93. The number of hydrogen-bond acceptors (Lipinski definition) is 3. The summed E-state index contributed by atoms with van der Waals surface area (Å²) < 4.78 is 0. The third-order valence-electron chi connectivity index (χ3n) is 5.17. The Kier molecular flexibility index (Phi) is 3.35. The van der Waals surface area contributed by atoms with Crippen molar-refractivity contribution in [3.05, 3.63) is 51.5 Å². The second-order valence-electron chi connectivity index (χ2n) is 6.61. The van der Waals surface area contributed by atoms with Crippen LogP contribution in [0.1, 0.15) is 41.1 Å². The SMILES string of the molecule is Cc1nc(CCN2Cc3ccccc3C3(CCC3)C2)cs1. The summed E-state index contributed by atoms with van der Waals surface area (Å²) in [7, 11) is 0. The summed E-state index contributed by atoms with van der Waals surface area (Å²) in [5.41, 5.74) is 4.92. The van der Waals surface area contributed by atoms with Gasteiger partial charge in [0, 0.05) is 36.9 Å². The molecule has 3 heteroatoms. The Balaban J connectivity index is 1.51. The van der Waals surface area contributed by atoms with Gasteiger partial charge in [0.05, 0.1) is 10.7 Å². The second kappa shape index (κ2) is 5.22. The number of aromatic nitrogens is 1. The van der Waals surface area contributed by atoms with E-state index in [2.05, 4.69) is 46.5 Å². The minimum absolute atomic E-state index is 0.465. The Bertz CT molecular complexity index is 642. The van der Waals surface area contributed by atoms with Gasteiger partial charge in [-0.25, -0.2) is 4.98 Å². The van der Waals surface area contributed by atoms with Crippen molar-refractivity contribution in [2.24, 2.45) is 0 Å². The molecule has 4 rings (SSSR count). The molecule has 2 heterocycles. The Morgan fingerprint density at radius 2 is 2.14 bits per heavy atom. The third kappa shape index (κ3) is 2.43. The van der Waals surface area contributed by atoms with Crippen LogP contribution in [0, 0.1) is 6.92 Å². The maximum absolute atomic E-state index is 4.60. The minimum atomic E-state index is 0.465. The van der Waals surface area contributed by atoms with E-state index in [4.69, 9.17) is 0 Å². The van der Waals surface area contributed by atoms with Crippen LogP contribution in [0.25, 0.3) is 0 Å². The van der Waals surface area contributed by atoms with Crippen molar-refractivity contribution >= 4 is 11.3 Å². The van der Waals surface area contributed by atoms with Gasteiger partial charge in [-0.15, -0.1) is 11.3 Å². The predicted molar refractivity (Wildman–Crippen MR) is 87.8 cm³/mol. The topological polar surface area (TPSA) is 16.1 Å². The summed E-state index contributed by atoms with van der Waals surface area (Å²) >= 11 is 1.77. The lowest BCUT2D eigenvalue weighted by molar-refractivity contribution is 0.114. The third-order valence-corrected chi connectivity index (χ3v) is 5.99. The van der Waals surface area contributed by atoms with E-state index in [1.807, 2.05) is 0 Å². The van der Waals surface area contributed by atoms with Gasteiger partial charge in [-0.1, -0.05) is 30.7 Å². The number of nitrogens with zero attached hydrogens (tertiary/aromatic N) is 2. The van der Waals surface area contributed by atoms with Crippen molar-refractivity contribution in [3.63, 3.8) is 0 Å². The van der Waals surface area contributed by atoms with E-state index in [0.717, 1.165) is 19.5 Å². The molecule has 0 bridgehead atoms. The molecule has 0 amide bonds. The molecule has 1 fully saturated rings. The summed E-state index contributed by atoms with van der Waals surface area (Å²) in [5, 5.41) is 3.40. The molecular weight excluding hydrogens is 276 g/mol. The molecule has 1 aromatic carbocycles. The molecule has 2 aliphatic rings. The van der Waals surface area contributed by atoms with Gasteiger partial charge in [-0.05, 0) is 30.9 Å². The van der Waals surface area contributed by atoms with Gasteiger partial charge in [0.1, 0.15) is 0 Å². The fraction of sp³-hybridized carbons (Fsp3) is 0.500. The van der Waals surface area contributed by atoms with Crippen LogP contribution >= 0.6 is 11.3 Å². The number of fused-ring (bicyclic) bond motifs is 2. The number of benzene rings is 1. The molecule has 2 nitrogen and oxygen atoms in total. The van der Waals surface area contributed by atoms with Gasteiger partial charge in [0.25, 0.3) is 0 Å². The molecule has 0 saturated heterocycles. The van der Waals surface area contributed by atoms with Crippen LogP contribution in [0.15, 0.2) is 29.6 Å². The van der Waals surface area contributed by atoms with E-state index < -0.39 is 0 Å². The number of thiazole rings is 1. The van der Waals surface area contributed by atoms with E-state index in [1.165, 1.54) is 36.5 Å². The maximum atomic E-state index is 4.60. The summed E-state index contributed by atoms with van der Waals surface area (Å²) in [6, 6.07) is 9.11. The largest absolute Gasteiger partial charge is 0.298 e. The summed E-state index contributed by atoms with van der Waals surface area (Å²) in [4.78, 5) is 7.25. The molecule has 0 atom stereocenters. The van der Waals surface area contributed by atoms with Crippen molar-refractivity contribution in [1.82, 2.24) is 9.88 Å². The molecule has 0 N–H and O–H groups in total. The summed E-state index contributed by atoms with van der Waals surface area (Å²) in [6.07, 6.45) is 5.22. The highest BCUT2D eigenvalue weighted by molar-refractivity contribution is 7.09. The molecule has 1 spiro atoms. The highest BCUT2D eigenvalue weighted by atomic mass is 32.1. The smallest absolute Gasteiger partial charge is 0.0897 e. The van der Waals surface area contributed by atoms with Gasteiger partial charge in [-0.2, -0.15) is 0 Å². The molecule has 1 aliphatic heterocycles. The Labute approximate surface area is 130 Å². The average Bonchev–Trinajstić information content (AvgIpc) is 2.88.